The van der Waals surface area contributed by atoms with Crippen LogP contribution >= 0.6 is 0 Å². The molecule has 0 fully saturated rings. The van der Waals surface area contributed by atoms with Gasteiger partial charge in [-0.1, -0.05) is 76.4 Å². The highest BCUT2D eigenvalue weighted by Crippen LogP contribution is 2.27. The van der Waals surface area contributed by atoms with E-state index < -0.39 is 0 Å². The topological polar surface area (TPSA) is 9.23 Å². The molecule has 24 heavy (non-hydrogen) atoms. The molecule has 1 unspecified atom stereocenters. The molecule has 0 amide bonds. The molecule has 1 atom stereocenters. The van der Waals surface area contributed by atoms with E-state index >= 15 is 0 Å². The molecule has 0 aliphatic carbocycles. The van der Waals surface area contributed by atoms with Crippen molar-refractivity contribution in [3.8, 4) is 16.9 Å². The average molecular weight is 325 g/mol. The summed E-state index contributed by atoms with van der Waals surface area (Å²) in [4.78, 5) is 0. The van der Waals surface area contributed by atoms with Crippen molar-refractivity contribution >= 4 is 0 Å². The Morgan fingerprint density at radius 2 is 1.62 bits per heavy atom. The highest BCUT2D eigenvalue weighted by molar-refractivity contribution is 5.67. The van der Waals surface area contributed by atoms with Crippen molar-refractivity contribution in [1.82, 2.24) is 0 Å². The summed E-state index contributed by atoms with van der Waals surface area (Å²) in [5.41, 5.74) is 3.81. The van der Waals surface area contributed by atoms with Crippen molar-refractivity contribution in [2.75, 3.05) is 6.61 Å². The summed E-state index contributed by atoms with van der Waals surface area (Å²) in [5, 5.41) is 0. The van der Waals surface area contributed by atoms with Crippen LogP contribution in [0.4, 0.5) is 0 Å². The number of rotatable bonds is 9. The van der Waals surface area contributed by atoms with Crippen molar-refractivity contribution in [1.29, 1.82) is 0 Å². The first-order valence-corrected chi connectivity index (χ1v) is 9.35. The van der Waals surface area contributed by atoms with Gasteiger partial charge in [0.1, 0.15) is 5.75 Å². The lowest BCUT2D eigenvalue weighted by atomic mass is 9.97. The van der Waals surface area contributed by atoms with Gasteiger partial charge >= 0.3 is 0 Å². The van der Waals surface area contributed by atoms with Crippen molar-refractivity contribution in [2.24, 2.45) is 11.8 Å². The molecule has 0 heterocycles. The van der Waals surface area contributed by atoms with Crippen LogP contribution in [-0.4, -0.2) is 6.61 Å². The summed E-state index contributed by atoms with van der Waals surface area (Å²) in [6, 6.07) is 17.0. The lowest BCUT2D eigenvalue weighted by Crippen LogP contribution is -2.05. The first-order chi connectivity index (χ1) is 11.6. The van der Waals surface area contributed by atoms with E-state index in [1.165, 1.54) is 36.0 Å². The molecule has 0 aliphatic heterocycles. The number of benzene rings is 2. The monoisotopic (exact) mass is 324 g/mol. The van der Waals surface area contributed by atoms with Gasteiger partial charge in [0.25, 0.3) is 0 Å². The van der Waals surface area contributed by atoms with Gasteiger partial charge in [0.05, 0.1) is 6.61 Å². The zero-order valence-corrected chi connectivity index (χ0v) is 15.7. The third-order valence-electron chi connectivity index (χ3n) is 4.64. The lowest BCUT2D eigenvalue weighted by molar-refractivity contribution is 0.275. The van der Waals surface area contributed by atoms with Crippen LogP contribution in [0.5, 0.6) is 5.75 Å². The molecule has 0 aromatic heterocycles. The van der Waals surface area contributed by atoms with Crippen LogP contribution in [0.3, 0.4) is 0 Å². The summed E-state index contributed by atoms with van der Waals surface area (Å²) in [6.45, 7) is 9.91. The Bertz CT molecular complexity index is 601. The zero-order chi connectivity index (χ0) is 17.4. The van der Waals surface area contributed by atoms with E-state index in [0.29, 0.717) is 0 Å². The summed E-state index contributed by atoms with van der Waals surface area (Å²) in [5.74, 6) is 2.55. The molecule has 0 radical (unpaired) electrons. The molecular weight excluding hydrogens is 292 g/mol. The molecule has 2 aromatic rings. The maximum absolute atomic E-state index is 5.98. The SMILES string of the molecule is Cc1cc(OCCC(C)CCCC(C)C)ccc1-c1ccccc1. The van der Waals surface area contributed by atoms with Gasteiger partial charge in [0.2, 0.25) is 0 Å². The van der Waals surface area contributed by atoms with Crippen LogP contribution in [0, 0.1) is 18.8 Å². The Kier molecular flexibility index (Phi) is 7.36. The van der Waals surface area contributed by atoms with Gasteiger partial charge in [-0.25, -0.2) is 0 Å². The van der Waals surface area contributed by atoms with Gasteiger partial charge in [-0.3, -0.25) is 0 Å². The zero-order valence-electron chi connectivity index (χ0n) is 15.7. The molecule has 130 valence electrons. The van der Waals surface area contributed by atoms with Gasteiger partial charge in [-0.05, 0) is 54.0 Å². The summed E-state index contributed by atoms with van der Waals surface area (Å²) >= 11 is 0. The molecule has 2 rings (SSSR count). The van der Waals surface area contributed by atoms with E-state index in [9.17, 15) is 0 Å². The Balaban J connectivity index is 1.80. The predicted octanol–water partition coefficient (Wildman–Crippen LogP) is 6.89. The largest absolute Gasteiger partial charge is 0.494 e. The van der Waals surface area contributed by atoms with Gasteiger partial charge in [0, 0.05) is 0 Å². The van der Waals surface area contributed by atoms with Crippen molar-refractivity contribution in [3.05, 3.63) is 54.1 Å². The van der Waals surface area contributed by atoms with Crippen LogP contribution < -0.4 is 4.74 Å². The quantitative estimate of drug-likeness (QED) is 0.488. The summed E-state index contributed by atoms with van der Waals surface area (Å²) < 4.78 is 5.98. The second-order valence-corrected chi connectivity index (χ2v) is 7.41. The van der Waals surface area contributed by atoms with E-state index in [-0.39, 0.29) is 0 Å². The van der Waals surface area contributed by atoms with E-state index in [2.05, 4.69) is 76.2 Å². The average Bonchev–Trinajstić information content (AvgIpc) is 2.55. The van der Waals surface area contributed by atoms with Gasteiger partial charge < -0.3 is 4.74 Å². The van der Waals surface area contributed by atoms with Gasteiger partial charge in [-0.15, -0.1) is 0 Å². The maximum atomic E-state index is 5.98. The fourth-order valence-electron chi connectivity index (χ4n) is 3.06. The van der Waals surface area contributed by atoms with Crippen LogP contribution in [0.25, 0.3) is 11.1 Å². The number of ether oxygens (including phenoxy) is 1. The standard InChI is InChI=1S/C23H32O/c1-18(2)9-8-10-19(3)15-16-24-22-13-14-23(20(4)17-22)21-11-6-5-7-12-21/h5-7,11-14,17-19H,8-10,15-16H2,1-4H3. The molecule has 1 nitrogen and oxygen atoms in total. The molecule has 0 N–H and O–H groups in total. The Morgan fingerprint density at radius 3 is 2.29 bits per heavy atom. The molecule has 1 heteroatoms. The fraction of sp³-hybridized carbons (Fsp3) is 0.478. The van der Waals surface area contributed by atoms with Crippen LogP contribution in [0.2, 0.25) is 0 Å². The number of hydrogen-bond donors (Lipinski definition) is 0. The third kappa shape index (κ3) is 6.03. The molecular formula is C23H32O. The summed E-state index contributed by atoms with van der Waals surface area (Å²) in [7, 11) is 0. The molecule has 0 saturated carbocycles. The molecule has 0 spiro atoms. The highest BCUT2D eigenvalue weighted by atomic mass is 16.5. The van der Waals surface area contributed by atoms with Gasteiger partial charge in [0.15, 0.2) is 0 Å². The Morgan fingerprint density at radius 1 is 0.875 bits per heavy atom. The molecule has 0 bridgehead atoms. The predicted molar refractivity (Wildman–Crippen MR) is 105 cm³/mol. The second kappa shape index (κ2) is 9.52. The number of hydrogen-bond acceptors (Lipinski definition) is 1. The molecule has 2 aromatic carbocycles. The third-order valence-corrected chi connectivity index (χ3v) is 4.64. The molecule has 0 aliphatic rings. The van der Waals surface area contributed by atoms with Crippen LogP contribution in [0.1, 0.15) is 52.0 Å². The van der Waals surface area contributed by atoms with E-state index in [1.54, 1.807) is 0 Å². The van der Waals surface area contributed by atoms with Crippen molar-refractivity contribution in [2.45, 2.75) is 53.4 Å². The minimum Gasteiger partial charge on any atom is -0.494 e. The fourth-order valence-corrected chi connectivity index (χ4v) is 3.06. The second-order valence-electron chi connectivity index (χ2n) is 7.41. The minimum atomic E-state index is 0.744. The molecule has 0 saturated heterocycles. The Hall–Kier alpha value is -1.76. The first kappa shape index (κ1) is 18.6. The summed E-state index contributed by atoms with van der Waals surface area (Å²) in [6.07, 6.45) is 5.13. The van der Waals surface area contributed by atoms with E-state index in [0.717, 1.165) is 30.6 Å². The maximum Gasteiger partial charge on any atom is 0.119 e. The smallest absolute Gasteiger partial charge is 0.119 e. The van der Waals surface area contributed by atoms with Crippen LogP contribution in [-0.2, 0) is 0 Å². The van der Waals surface area contributed by atoms with E-state index in [1.807, 2.05) is 0 Å². The van der Waals surface area contributed by atoms with E-state index in [4.69, 9.17) is 4.74 Å². The van der Waals surface area contributed by atoms with Crippen LogP contribution in [0.15, 0.2) is 48.5 Å². The lowest BCUT2D eigenvalue weighted by Gasteiger charge is -2.14. The highest BCUT2D eigenvalue weighted by Gasteiger charge is 2.06. The number of aryl methyl sites for hydroxylation is 1. The first-order valence-electron chi connectivity index (χ1n) is 9.35. The normalized spacial score (nSPS) is 12.4. The minimum absolute atomic E-state index is 0.744. The Labute approximate surface area is 148 Å². The van der Waals surface area contributed by atoms with Crippen molar-refractivity contribution < 1.29 is 4.74 Å². The van der Waals surface area contributed by atoms with Gasteiger partial charge in [-0.2, -0.15) is 0 Å². The van der Waals surface area contributed by atoms with Crippen molar-refractivity contribution in [3.63, 3.8) is 0 Å².